The Morgan fingerprint density at radius 2 is 1.78 bits per heavy atom. The molecular formula is C13H21NO4. The lowest BCUT2D eigenvalue weighted by Crippen LogP contribution is -2.37. The third kappa shape index (κ3) is 2.60. The number of fused-ring (bicyclic) bond motifs is 1. The summed E-state index contributed by atoms with van der Waals surface area (Å²) >= 11 is 0. The molecule has 0 aromatic heterocycles. The second-order valence-electron chi connectivity index (χ2n) is 5.60. The van der Waals surface area contributed by atoms with Crippen molar-refractivity contribution in [3.8, 4) is 0 Å². The zero-order chi connectivity index (χ0) is 13.2. The van der Waals surface area contributed by atoms with Crippen molar-refractivity contribution in [3.63, 3.8) is 0 Å². The van der Waals surface area contributed by atoms with Crippen molar-refractivity contribution in [2.24, 2.45) is 17.3 Å². The van der Waals surface area contributed by atoms with E-state index in [-0.39, 0.29) is 11.4 Å². The number of carbonyl (C=O) groups excluding carboxylic acids is 2. The van der Waals surface area contributed by atoms with E-state index in [0.29, 0.717) is 13.0 Å². The van der Waals surface area contributed by atoms with Gasteiger partial charge in [0.15, 0.2) is 0 Å². The Labute approximate surface area is 107 Å². The van der Waals surface area contributed by atoms with Crippen LogP contribution in [0.1, 0.15) is 32.1 Å². The van der Waals surface area contributed by atoms with E-state index in [0.717, 1.165) is 24.7 Å². The summed E-state index contributed by atoms with van der Waals surface area (Å²) in [6.07, 6.45) is 4.49. The van der Waals surface area contributed by atoms with Gasteiger partial charge in [0, 0.05) is 6.54 Å². The summed E-state index contributed by atoms with van der Waals surface area (Å²) in [6.45, 7) is 0.502. The molecule has 18 heavy (non-hydrogen) atoms. The smallest absolute Gasteiger partial charge is 0.406 e. The molecule has 2 fully saturated rings. The fourth-order valence-corrected chi connectivity index (χ4v) is 3.43. The Morgan fingerprint density at radius 3 is 2.22 bits per heavy atom. The molecule has 1 unspecified atom stereocenters. The number of hydrogen-bond donors (Lipinski definition) is 1. The molecule has 2 rings (SSSR count). The maximum absolute atomic E-state index is 11.6. The van der Waals surface area contributed by atoms with Gasteiger partial charge in [0.2, 0.25) is 0 Å². The number of ether oxygens (including phenoxy) is 2. The predicted molar refractivity (Wildman–Crippen MR) is 64.9 cm³/mol. The van der Waals surface area contributed by atoms with E-state index in [1.807, 2.05) is 0 Å². The lowest BCUT2D eigenvalue weighted by atomic mass is 9.77. The molecule has 0 radical (unpaired) electrons. The van der Waals surface area contributed by atoms with Crippen molar-refractivity contribution in [1.29, 1.82) is 0 Å². The van der Waals surface area contributed by atoms with Crippen molar-refractivity contribution in [2.75, 3.05) is 20.8 Å². The monoisotopic (exact) mass is 255 g/mol. The third-order valence-corrected chi connectivity index (χ3v) is 4.51. The lowest BCUT2D eigenvalue weighted by Gasteiger charge is -2.29. The number of methoxy groups -OCH3 is 2. The Morgan fingerprint density at radius 1 is 1.17 bits per heavy atom. The molecule has 0 aromatic carbocycles. The maximum atomic E-state index is 11.6. The van der Waals surface area contributed by atoms with E-state index in [2.05, 4.69) is 10.1 Å². The SMILES string of the molecule is COC(=O)CC1(CNC(=O)OC)C[C@H]2CC[C@H]2C1. The van der Waals surface area contributed by atoms with Gasteiger partial charge in [-0.1, -0.05) is 0 Å². The van der Waals surface area contributed by atoms with E-state index >= 15 is 0 Å². The van der Waals surface area contributed by atoms with Crippen LogP contribution in [0.5, 0.6) is 0 Å². The van der Waals surface area contributed by atoms with E-state index in [1.54, 1.807) is 0 Å². The molecule has 0 aliphatic heterocycles. The molecule has 3 atom stereocenters. The number of nitrogens with one attached hydrogen (secondary N) is 1. The minimum atomic E-state index is -0.432. The number of amides is 1. The van der Waals surface area contributed by atoms with E-state index in [4.69, 9.17) is 4.74 Å². The Hall–Kier alpha value is -1.26. The van der Waals surface area contributed by atoms with Gasteiger partial charge in [-0.05, 0) is 42.9 Å². The highest BCUT2D eigenvalue weighted by atomic mass is 16.5. The highest BCUT2D eigenvalue weighted by Crippen LogP contribution is 2.56. The van der Waals surface area contributed by atoms with Gasteiger partial charge in [0.1, 0.15) is 0 Å². The summed E-state index contributed by atoms with van der Waals surface area (Å²) < 4.78 is 9.37. The number of hydrogen-bond acceptors (Lipinski definition) is 4. The van der Waals surface area contributed by atoms with Crippen molar-refractivity contribution in [2.45, 2.75) is 32.1 Å². The molecule has 1 N–H and O–H groups in total. The standard InChI is InChI=1S/C13H21NO4/c1-17-11(15)7-13(8-14-12(16)18-2)5-9-3-4-10(9)6-13/h9-10H,3-8H2,1-2H3,(H,14,16)/t9-,10+,13?. The second kappa shape index (κ2) is 5.16. The van der Waals surface area contributed by atoms with Crippen LogP contribution in [-0.4, -0.2) is 32.8 Å². The van der Waals surface area contributed by atoms with Crippen LogP contribution >= 0.6 is 0 Å². The zero-order valence-corrected chi connectivity index (χ0v) is 11.0. The first-order valence-electron chi connectivity index (χ1n) is 6.47. The first-order chi connectivity index (χ1) is 8.58. The lowest BCUT2D eigenvalue weighted by molar-refractivity contribution is -0.143. The molecule has 2 aliphatic rings. The van der Waals surface area contributed by atoms with E-state index < -0.39 is 6.09 Å². The summed E-state index contributed by atoms with van der Waals surface area (Å²) in [6, 6.07) is 0. The largest absolute Gasteiger partial charge is 0.469 e. The third-order valence-electron chi connectivity index (χ3n) is 4.51. The predicted octanol–water partition coefficient (Wildman–Crippen LogP) is 1.71. The molecule has 5 heteroatoms. The number of carbonyl (C=O) groups is 2. The van der Waals surface area contributed by atoms with Crippen molar-refractivity contribution >= 4 is 12.1 Å². The van der Waals surface area contributed by atoms with Gasteiger partial charge in [-0.3, -0.25) is 4.79 Å². The minimum absolute atomic E-state index is 0.132. The molecule has 2 saturated carbocycles. The van der Waals surface area contributed by atoms with Gasteiger partial charge in [-0.15, -0.1) is 0 Å². The zero-order valence-electron chi connectivity index (χ0n) is 11.0. The fourth-order valence-electron chi connectivity index (χ4n) is 3.43. The van der Waals surface area contributed by atoms with Crippen LogP contribution in [-0.2, 0) is 14.3 Å². The average Bonchev–Trinajstić information content (AvgIpc) is 2.60. The normalized spacial score (nSPS) is 33.2. The van der Waals surface area contributed by atoms with Crippen molar-refractivity contribution < 1.29 is 19.1 Å². The molecule has 0 spiro atoms. The molecular weight excluding hydrogens is 234 g/mol. The number of rotatable bonds is 4. The molecule has 0 saturated heterocycles. The average molecular weight is 255 g/mol. The van der Waals surface area contributed by atoms with Gasteiger partial charge >= 0.3 is 12.1 Å². The first kappa shape index (κ1) is 13.2. The molecule has 1 amide bonds. The van der Waals surface area contributed by atoms with E-state index in [1.165, 1.54) is 27.1 Å². The second-order valence-corrected chi connectivity index (χ2v) is 5.60. The van der Waals surface area contributed by atoms with Crippen LogP contribution < -0.4 is 5.32 Å². The molecule has 5 nitrogen and oxygen atoms in total. The fraction of sp³-hybridized carbons (Fsp3) is 0.846. The quantitative estimate of drug-likeness (QED) is 0.777. The van der Waals surface area contributed by atoms with Crippen LogP contribution in [0, 0.1) is 17.3 Å². The van der Waals surface area contributed by atoms with Crippen LogP contribution in [0.25, 0.3) is 0 Å². The Bertz CT molecular complexity index is 330. The Balaban J connectivity index is 1.98. The maximum Gasteiger partial charge on any atom is 0.406 e. The first-order valence-corrected chi connectivity index (χ1v) is 6.47. The molecule has 0 heterocycles. The van der Waals surface area contributed by atoms with Crippen LogP contribution in [0.3, 0.4) is 0 Å². The van der Waals surface area contributed by atoms with Gasteiger partial charge in [-0.2, -0.15) is 0 Å². The van der Waals surface area contributed by atoms with Gasteiger partial charge in [0.05, 0.1) is 20.6 Å². The van der Waals surface area contributed by atoms with Crippen LogP contribution in [0.4, 0.5) is 4.79 Å². The van der Waals surface area contributed by atoms with Crippen LogP contribution in [0.2, 0.25) is 0 Å². The topological polar surface area (TPSA) is 64.6 Å². The number of alkyl carbamates (subject to hydrolysis) is 1. The van der Waals surface area contributed by atoms with Crippen molar-refractivity contribution in [1.82, 2.24) is 5.32 Å². The van der Waals surface area contributed by atoms with Gasteiger partial charge < -0.3 is 14.8 Å². The molecule has 0 bridgehead atoms. The van der Waals surface area contributed by atoms with Gasteiger partial charge in [0.25, 0.3) is 0 Å². The summed E-state index contributed by atoms with van der Waals surface area (Å²) in [5.41, 5.74) is -0.132. The Kier molecular flexibility index (Phi) is 3.78. The van der Waals surface area contributed by atoms with E-state index in [9.17, 15) is 9.59 Å². The number of esters is 1. The molecule has 0 aromatic rings. The minimum Gasteiger partial charge on any atom is -0.469 e. The van der Waals surface area contributed by atoms with Gasteiger partial charge in [-0.25, -0.2) is 4.79 Å². The molecule has 2 aliphatic carbocycles. The summed E-state index contributed by atoms with van der Waals surface area (Å²) in [5.74, 6) is 1.27. The van der Waals surface area contributed by atoms with Crippen molar-refractivity contribution in [3.05, 3.63) is 0 Å². The summed E-state index contributed by atoms with van der Waals surface area (Å²) in [7, 11) is 2.76. The highest BCUT2D eigenvalue weighted by Gasteiger charge is 2.50. The van der Waals surface area contributed by atoms with Crippen LogP contribution in [0.15, 0.2) is 0 Å². The molecule has 102 valence electrons. The highest BCUT2D eigenvalue weighted by molar-refractivity contribution is 5.71. The summed E-state index contributed by atoms with van der Waals surface area (Å²) in [4.78, 5) is 22.8. The summed E-state index contributed by atoms with van der Waals surface area (Å²) in [5, 5.41) is 2.74.